The smallest absolute Gasteiger partial charge is 0.124 e. The molecule has 18 heavy (non-hydrogen) atoms. The fourth-order valence-corrected chi connectivity index (χ4v) is 3.11. The van der Waals surface area contributed by atoms with Crippen molar-refractivity contribution in [2.24, 2.45) is 0 Å². The van der Waals surface area contributed by atoms with Gasteiger partial charge in [-0.3, -0.25) is 0 Å². The summed E-state index contributed by atoms with van der Waals surface area (Å²) < 4.78 is 13.9. The van der Waals surface area contributed by atoms with Gasteiger partial charge in [-0.1, -0.05) is 24.3 Å². The molecule has 0 aliphatic carbocycles. The van der Waals surface area contributed by atoms with Crippen LogP contribution in [0.5, 0.6) is 0 Å². The zero-order valence-corrected chi connectivity index (χ0v) is 13.1. The maximum absolute atomic E-state index is 13.1. The first-order valence-corrected chi connectivity index (χ1v) is 7.16. The van der Waals surface area contributed by atoms with Crippen LogP contribution in [0.4, 0.5) is 4.39 Å². The molecule has 2 aromatic carbocycles. The van der Waals surface area contributed by atoms with Crippen LogP contribution in [0.15, 0.2) is 36.4 Å². The summed E-state index contributed by atoms with van der Waals surface area (Å²) >= 11 is 8.61. The van der Waals surface area contributed by atoms with Crippen LogP contribution in [0.25, 0.3) is 0 Å². The molecule has 0 spiro atoms. The zero-order chi connectivity index (χ0) is 13.3. The van der Waals surface area contributed by atoms with Gasteiger partial charge in [-0.25, -0.2) is 4.39 Å². The van der Waals surface area contributed by atoms with E-state index in [0.717, 1.165) is 14.7 Å². The standard InChI is InChI=1S/C15H13ClFI/c1-9-3-4-11(7-10(9)2)15(16)13-6-5-12(17)8-14(13)18/h3-8,15H,1-2H3. The lowest BCUT2D eigenvalue weighted by molar-refractivity contribution is 0.626. The summed E-state index contributed by atoms with van der Waals surface area (Å²) in [7, 11) is 0. The molecule has 1 atom stereocenters. The minimum atomic E-state index is -0.239. The molecule has 94 valence electrons. The van der Waals surface area contributed by atoms with E-state index in [4.69, 9.17) is 11.6 Å². The minimum Gasteiger partial charge on any atom is -0.207 e. The van der Waals surface area contributed by atoms with Gasteiger partial charge in [-0.05, 0) is 70.8 Å². The zero-order valence-electron chi connectivity index (χ0n) is 10.2. The lowest BCUT2D eigenvalue weighted by Crippen LogP contribution is -1.98. The number of rotatable bonds is 2. The summed E-state index contributed by atoms with van der Waals surface area (Å²) in [6, 6.07) is 10.9. The summed E-state index contributed by atoms with van der Waals surface area (Å²) in [6.45, 7) is 4.14. The molecule has 0 amide bonds. The Morgan fingerprint density at radius 3 is 2.39 bits per heavy atom. The monoisotopic (exact) mass is 374 g/mol. The molecule has 0 fully saturated rings. The topological polar surface area (TPSA) is 0 Å². The molecule has 0 saturated heterocycles. The van der Waals surface area contributed by atoms with Gasteiger partial charge in [0.25, 0.3) is 0 Å². The van der Waals surface area contributed by atoms with Crippen LogP contribution in [-0.2, 0) is 0 Å². The van der Waals surface area contributed by atoms with Crippen LogP contribution in [0.1, 0.15) is 27.6 Å². The molecule has 0 saturated carbocycles. The Hall–Kier alpha value is -0.610. The Morgan fingerprint density at radius 2 is 1.78 bits per heavy atom. The predicted molar refractivity (Wildman–Crippen MR) is 82.7 cm³/mol. The SMILES string of the molecule is Cc1ccc(C(Cl)c2ccc(F)cc2I)cc1C. The van der Waals surface area contributed by atoms with E-state index in [1.54, 1.807) is 6.07 Å². The summed E-state index contributed by atoms with van der Waals surface area (Å²) in [6.07, 6.45) is 0. The van der Waals surface area contributed by atoms with Crippen LogP contribution in [-0.4, -0.2) is 0 Å². The van der Waals surface area contributed by atoms with Crippen molar-refractivity contribution < 1.29 is 4.39 Å². The van der Waals surface area contributed by atoms with Crippen molar-refractivity contribution in [2.75, 3.05) is 0 Å². The second-order valence-corrected chi connectivity index (χ2v) is 5.97. The van der Waals surface area contributed by atoms with Crippen LogP contribution in [0.3, 0.4) is 0 Å². The van der Waals surface area contributed by atoms with Gasteiger partial charge in [0, 0.05) is 3.57 Å². The first kappa shape index (κ1) is 13.8. The predicted octanol–water partition coefficient (Wildman–Crippen LogP) is 5.38. The fraction of sp³-hybridized carbons (Fsp3) is 0.200. The average molecular weight is 375 g/mol. The van der Waals surface area contributed by atoms with Crippen molar-refractivity contribution in [3.63, 3.8) is 0 Å². The molecule has 0 aliphatic rings. The first-order valence-electron chi connectivity index (χ1n) is 5.65. The fourth-order valence-electron chi connectivity index (χ4n) is 1.81. The molecule has 0 aliphatic heterocycles. The molecule has 0 radical (unpaired) electrons. The maximum Gasteiger partial charge on any atom is 0.124 e. The number of alkyl halides is 1. The van der Waals surface area contributed by atoms with Gasteiger partial charge in [0.2, 0.25) is 0 Å². The Morgan fingerprint density at radius 1 is 1.06 bits per heavy atom. The molecule has 0 aromatic heterocycles. The molecular formula is C15H13ClFI. The van der Waals surface area contributed by atoms with Crippen molar-refractivity contribution in [1.29, 1.82) is 0 Å². The van der Waals surface area contributed by atoms with Crippen LogP contribution in [0.2, 0.25) is 0 Å². The highest BCUT2D eigenvalue weighted by atomic mass is 127. The van der Waals surface area contributed by atoms with Gasteiger partial charge in [0.15, 0.2) is 0 Å². The van der Waals surface area contributed by atoms with E-state index in [1.807, 2.05) is 6.07 Å². The van der Waals surface area contributed by atoms with E-state index in [2.05, 4.69) is 48.6 Å². The third-order valence-corrected chi connectivity index (χ3v) is 4.48. The van der Waals surface area contributed by atoms with E-state index >= 15 is 0 Å². The van der Waals surface area contributed by atoms with Crippen LogP contribution < -0.4 is 0 Å². The largest absolute Gasteiger partial charge is 0.207 e. The highest BCUT2D eigenvalue weighted by molar-refractivity contribution is 14.1. The quantitative estimate of drug-likeness (QED) is 0.489. The molecular weight excluding hydrogens is 362 g/mol. The lowest BCUT2D eigenvalue weighted by atomic mass is 10.00. The molecule has 2 aromatic rings. The second-order valence-electron chi connectivity index (χ2n) is 4.37. The van der Waals surface area contributed by atoms with E-state index < -0.39 is 0 Å². The van der Waals surface area contributed by atoms with E-state index in [1.165, 1.54) is 23.3 Å². The van der Waals surface area contributed by atoms with Gasteiger partial charge in [-0.15, -0.1) is 11.6 Å². The van der Waals surface area contributed by atoms with Gasteiger partial charge < -0.3 is 0 Å². The van der Waals surface area contributed by atoms with Gasteiger partial charge in [-0.2, -0.15) is 0 Å². The van der Waals surface area contributed by atoms with Crippen molar-refractivity contribution in [3.05, 3.63) is 68.0 Å². The second kappa shape index (κ2) is 5.57. The van der Waals surface area contributed by atoms with Crippen LogP contribution >= 0.6 is 34.2 Å². The minimum absolute atomic E-state index is 0.230. The molecule has 0 heterocycles. The van der Waals surface area contributed by atoms with Crippen molar-refractivity contribution >= 4 is 34.2 Å². The Kier molecular flexibility index (Phi) is 4.28. The van der Waals surface area contributed by atoms with Crippen molar-refractivity contribution in [2.45, 2.75) is 19.2 Å². The molecule has 2 rings (SSSR count). The first-order chi connectivity index (χ1) is 8.49. The van der Waals surface area contributed by atoms with Crippen molar-refractivity contribution in [1.82, 2.24) is 0 Å². The third kappa shape index (κ3) is 2.86. The Bertz CT molecular complexity index is 581. The number of hydrogen-bond donors (Lipinski definition) is 0. The van der Waals surface area contributed by atoms with E-state index in [-0.39, 0.29) is 11.2 Å². The number of hydrogen-bond acceptors (Lipinski definition) is 0. The van der Waals surface area contributed by atoms with Gasteiger partial charge in [0.05, 0.1) is 5.38 Å². The molecule has 0 N–H and O–H groups in total. The Labute approximate surface area is 125 Å². The summed E-state index contributed by atoms with van der Waals surface area (Å²) in [5, 5.41) is -0.239. The summed E-state index contributed by atoms with van der Waals surface area (Å²) in [5.41, 5.74) is 4.46. The normalized spacial score (nSPS) is 12.5. The molecule has 0 nitrogen and oxygen atoms in total. The average Bonchev–Trinajstić information content (AvgIpc) is 2.32. The number of benzene rings is 2. The highest BCUT2D eigenvalue weighted by Gasteiger charge is 2.14. The summed E-state index contributed by atoms with van der Waals surface area (Å²) in [4.78, 5) is 0. The molecule has 3 heteroatoms. The maximum atomic E-state index is 13.1. The van der Waals surface area contributed by atoms with E-state index in [0.29, 0.717) is 0 Å². The number of aryl methyl sites for hydroxylation is 2. The third-order valence-electron chi connectivity index (χ3n) is 3.06. The Balaban J connectivity index is 2.41. The van der Waals surface area contributed by atoms with Crippen molar-refractivity contribution in [3.8, 4) is 0 Å². The van der Waals surface area contributed by atoms with E-state index in [9.17, 15) is 4.39 Å². The van der Waals surface area contributed by atoms with Gasteiger partial charge >= 0.3 is 0 Å². The number of halogens is 3. The van der Waals surface area contributed by atoms with Gasteiger partial charge in [0.1, 0.15) is 5.82 Å². The summed E-state index contributed by atoms with van der Waals surface area (Å²) in [5.74, 6) is -0.230. The highest BCUT2D eigenvalue weighted by Crippen LogP contribution is 2.33. The van der Waals surface area contributed by atoms with Crippen LogP contribution in [0, 0.1) is 23.2 Å². The molecule has 0 bridgehead atoms. The molecule has 1 unspecified atom stereocenters. The lowest BCUT2D eigenvalue weighted by Gasteiger charge is -2.14.